The summed E-state index contributed by atoms with van der Waals surface area (Å²) in [5.74, 6) is 0. The third kappa shape index (κ3) is 3.63. The predicted molar refractivity (Wildman–Crippen MR) is 72.9 cm³/mol. The van der Waals surface area contributed by atoms with E-state index in [-0.39, 0.29) is 0 Å². The van der Waals surface area contributed by atoms with Gasteiger partial charge in [0.2, 0.25) is 0 Å². The van der Waals surface area contributed by atoms with Crippen molar-refractivity contribution in [2.45, 2.75) is 31.8 Å². The van der Waals surface area contributed by atoms with Gasteiger partial charge in [-0.25, -0.2) is 0 Å². The quantitative estimate of drug-likeness (QED) is 0.827. The number of anilines is 1. The van der Waals surface area contributed by atoms with E-state index in [1.54, 1.807) is 18.2 Å². The van der Waals surface area contributed by atoms with E-state index in [1.165, 1.54) is 12.8 Å². The molecule has 1 aromatic rings. The average Bonchev–Trinajstić information content (AvgIpc) is 2.89. The molecule has 0 aromatic heterocycles. The summed E-state index contributed by atoms with van der Waals surface area (Å²) in [7, 11) is 0. The van der Waals surface area contributed by atoms with Gasteiger partial charge in [0.1, 0.15) is 0 Å². The van der Waals surface area contributed by atoms with Gasteiger partial charge in [-0.1, -0.05) is 11.6 Å². The molecule has 2 rings (SSSR count). The van der Waals surface area contributed by atoms with Crippen molar-refractivity contribution in [1.29, 1.82) is 5.26 Å². The molecule has 0 bridgehead atoms. The number of rotatable bonds is 5. The van der Waals surface area contributed by atoms with E-state index in [9.17, 15) is 0 Å². The molecule has 1 heterocycles. The van der Waals surface area contributed by atoms with Gasteiger partial charge in [-0.15, -0.1) is 0 Å². The number of hydrogen-bond acceptors (Lipinski definition) is 3. The molecule has 3 nitrogen and oxygen atoms in total. The Kier molecular flexibility index (Phi) is 4.86. The summed E-state index contributed by atoms with van der Waals surface area (Å²) < 4.78 is 5.57. The first-order valence-corrected chi connectivity index (χ1v) is 6.72. The number of nitrogens with zero attached hydrogens (tertiary/aromatic N) is 1. The summed E-state index contributed by atoms with van der Waals surface area (Å²) in [5, 5.41) is 12.8. The minimum absolute atomic E-state index is 0.438. The Morgan fingerprint density at radius 1 is 1.50 bits per heavy atom. The molecular weight excluding hydrogens is 248 g/mol. The molecule has 0 amide bonds. The molecule has 96 valence electrons. The lowest BCUT2D eigenvalue weighted by Gasteiger charge is -2.11. The maximum atomic E-state index is 8.83. The van der Waals surface area contributed by atoms with Crippen molar-refractivity contribution in [1.82, 2.24) is 0 Å². The van der Waals surface area contributed by atoms with Crippen LogP contribution in [0.25, 0.3) is 0 Å². The van der Waals surface area contributed by atoms with Gasteiger partial charge in [0, 0.05) is 13.2 Å². The van der Waals surface area contributed by atoms with E-state index in [0.717, 1.165) is 31.7 Å². The maximum Gasteiger partial charge on any atom is 0.0992 e. The first-order chi connectivity index (χ1) is 8.79. The van der Waals surface area contributed by atoms with Crippen LogP contribution in [0.2, 0.25) is 5.02 Å². The number of hydrogen-bond donors (Lipinski definition) is 1. The highest BCUT2D eigenvalue weighted by molar-refractivity contribution is 6.33. The summed E-state index contributed by atoms with van der Waals surface area (Å²) in [5.41, 5.74) is 1.46. The molecule has 1 aromatic carbocycles. The van der Waals surface area contributed by atoms with Gasteiger partial charge in [-0.2, -0.15) is 5.26 Å². The van der Waals surface area contributed by atoms with E-state index in [1.807, 2.05) is 0 Å². The van der Waals surface area contributed by atoms with Gasteiger partial charge < -0.3 is 10.1 Å². The van der Waals surface area contributed by atoms with Gasteiger partial charge in [0.05, 0.1) is 28.4 Å². The monoisotopic (exact) mass is 264 g/mol. The topological polar surface area (TPSA) is 45.0 Å². The van der Waals surface area contributed by atoms with Crippen molar-refractivity contribution in [3.05, 3.63) is 28.8 Å². The fourth-order valence-electron chi connectivity index (χ4n) is 2.16. The molecular formula is C14H17ClN2O. The van der Waals surface area contributed by atoms with Crippen LogP contribution in [0.15, 0.2) is 18.2 Å². The Morgan fingerprint density at radius 3 is 3.11 bits per heavy atom. The van der Waals surface area contributed by atoms with Crippen LogP contribution in [0.1, 0.15) is 31.2 Å². The zero-order valence-electron chi connectivity index (χ0n) is 10.3. The lowest BCUT2D eigenvalue weighted by molar-refractivity contribution is 0.103. The normalized spacial score (nSPS) is 18.6. The number of halogens is 1. The van der Waals surface area contributed by atoms with Crippen LogP contribution < -0.4 is 5.32 Å². The number of nitrogens with one attached hydrogen (secondary N) is 1. The van der Waals surface area contributed by atoms with Crippen molar-refractivity contribution < 1.29 is 4.74 Å². The van der Waals surface area contributed by atoms with E-state index in [4.69, 9.17) is 21.6 Å². The molecule has 1 aliphatic heterocycles. The van der Waals surface area contributed by atoms with Crippen LogP contribution in [0.5, 0.6) is 0 Å². The lowest BCUT2D eigenvalue weighted by Crippen LogP contribution is -2.09. The predicted octanol–water partition coefficient (Wildman–Crippen LogP) is 3.58. The van der Waals surface area contributed by atoms with Crippen LogP contribution in [-0.2, 0) is 4.74 Å². The summed E-state index contributed by atoms with van der Waals surface area (Å²) in [6, 6.07) is 7.37. The van der Waals surface area contributed by atoms with E-state index >= 15 is 0 Å². The molecule has 1 fully saturated rings. The standard InChI is InChI=1S/C14H17ClN2O/c15-13-6-5-11(10-16)9-14(13)17-7-1-3-12-4-2-8-18-12/h5-6,9,12,17H,1-4,7-8H2. The van der Waals surface area contributed by atoms with Gasteiger partial charge >= 0.3 is 0 Å². The number of nitriles is 1. The third-order valence-electron chi connectivity index (χ3n) is 3.14. The molecule has 1 N–H and O–H groups in total. The molecule has 0 aliphatic carbocycles. The Bertz CT molecular complexity index is 436. The highest BCUT2D eigenvalue weighted by Gasteiger charge is 2.14. The largest absolute Gasteiger partial charge is 0.384 e. The number of benzene rings is 1. The second-order valence-corrected chi connectivity index (χ2v) is 4.92. The highest BCUT2D eigenvalue weighted by atomic mass is 35.5. The highest BCUT2D eigenvalue weighted by Crippen LogP contribution is 2.23. The van der Waals surface area contributed by atoms with Gasteiger partial charge in [0.25, 0.3) is 0 Å². The minimum atomic E-state index is 0.438. The first-order valence-electron chi connectivity index (χ1n) is 6.35. The summed E-state index contributed by atoms with van der Waals surface area (Å²) in [6.45, 7) is 1.77. The molecule has 1 saturated heterocycles. The Labute approximate surface area is 113 Å². The van der Waals surface area contributed by atoms with Gasteiger partial charge in [-0.05, 0) is 43.9 Å². The van der Waals surface area contributed by atoms with Crippen molar-refractivity contribution >= 4 is 17.3 Å². The Balaban J connectivity index is 1.77. The Hall–Kier alpha value is -1.24. The van der Waals surface area contributed by atoms with Crippen molar-refractivity contribution in [2.24, 2.45) is 0 Å². The van der Waals surface area contributed by atoms with Gasteiger partial charge in [-0.3, -0.25) is 0 Å². The zero-order chi connectivity index (χ0) is 12.8. The second kappa shape index (κ2) is 6.63. The smallest absolute Gasteiger partial charge is 0.0992 e. The SMILES string of the molecule is N#Cc1ccc(Cl)c(NCCCC2CCCO2)c1. The molecule has 1 atom stereocenters. The van der Waals surface area contributed by atoms with Crippen molar-refractivity contribution in [3.8, 4) is 6.07 Å². The summed E-state index contributed by atoms with van der Waals surface area (Å²) in [6.07, 6.45) is 4.95. The molecule has 0 radical (unpaired) electrons. The van der Waals surface area contributed by atoms with Crippen LogP contribution in [-0.4, -0.2) is 19.3 Å². The van der Waals surface area contributed by atoms with E-state index < -0.39 is 0 Å². The molecule has 1 unspecified atom stereocenters. The van der Waals surface area contributed by atoms with Crippen molar-refractivity contribution in [3.63, 3.8) is 0 Å². The first kappa shape index (κ1) is 13.2. The fourth-order valence-corrected chi connectivity index (χ4v) is 2.34. The minimum Gasteiger partial charge on any atom is -0.384 e. The average molecular weight is 265 g/mol. The van der Waals surface area contributed by atoms with E-state index in [0.29, 0.717) is 16.7 Å². The molecule has 4 heteroatoms. The second-order valence-electron chi connectivity index (χ2n) is 4.51. The lowest BCUT2D eigenvalue weighted by atomic mass is 10.1. The van der Waals surface area contributed by atoms with Gasteiger partial charge in [0.15, 0.2) is 0 Å². The fraction of sp³-hybridized carbons (Fsp3) is 0.500. The van der Waals surface area contributed by atoms with Crippen molar-refractivity contribution in [2.75, 3.05) is 18.5 Å². The van der Waals surface area contributed by atoms with Crippen LogP contribution >= 0.6 is 11.6 Å². The molecule has 0 spiro atoms. The van der Waals surface area contributed by atoms with Crippen LogP contribution in [0, 0.1) is 11.3 Å². The van der Waals surface area contributed by atoms with Crippen LogP contribution in [0.3, 0.4) is 0 Å². The van der Waals surface area contributed by atoms with E-state index in [2.05, 4.69) is 11.4 Å². The molecule has 1 aliphatic rings. The van der Waals surface area contributed by atoms with Crippen LogP contribution in [0.4, 0.5) is 5.69 Å². The maximum absolute atomic E-state index is 8.83. The third-order valence-corrected chi connectivity index (χ3v) is 3.47. The molecule has 18 heavy (non-hydrogen) atoms. The Morgan fingerprint density at radius 2 is 2.39 bits per heavy atom. The summed E-state index contributed by atoms with van der Waals surface area (Å²) >= 11 is 6.06. The summed E-state index contributed by atoms with van der Waals surface area (Å²) in [4.78, 5) is 0. The molecule has 0 saturated carbocycles. The number of ether oxygens (including phenoxy) is 1. The zero-order valence-corrected chi connectivity index (χ0v) is 11.0.